The predicted octanol–water partition coefficient (Wildman–Crippen LogP) is 4.69. The Morgan fingerprint density at radius 2 is 1.72 bits per heavy atom. The maximum absolute atomic E-state index is 12.9. The highest BCUT2D eigenvalue weighted by Gasteiger charge is 2.23. The second-order valence-corrected chi connectivity index (χ2v) is 6.97. The topological polar surface area (TPSA) is 89.8 Å². The largest absolute Gasteiger partial charge is 0.493 e. The van der Waals surface area contributed by atoms with Crippen LogP contribution in [0.4, 0.5) is 11.4 Å². The summed E-state index contributed by atoms with van der Waals surface area (Å²) < 4.78 is 16.2. The number of methoxy groups -OCH3 is 2. The molecule has 3 rings (SSSR count). The normalized spacial score (nSPS) is 10.8. The summed E-state index contributed by atoms with van der Waals surface area (Å²) in [5.74, 6) is 0.617. The van der Waals surface area contributed by atoms with Crippen LogP contribution in [0, 0.1) is 5.92 Å². The molecule has 152 valence electrons. The van der Waals surface area contributed by atoms with Crippen LogP contribution in [0.5, 0.6) is 11.5 Å². The summed E-state index contributed by atoms with van der Waals surface area (Å²) >= 11 is 0. The lowest BCUT2D eigenvalue weighted by atomic mass is 10.1. The molecule has 2 N–H and O–H groups in total. The van der Waals surface area contributed by atoms with Gasteiger partial charge in [0.2, 0.25) is 11.7 Å². The molecule has 29 heavy (non-hydrogen) atoms. The third kappa shape index (κ3) is 4.51. The van der Waals surface area contributed by atoms with Crippen molar-refractivity contribution in [1.29, 1.82) is 0 Å². The highest BCUT2D eigenvalue weighted by Crippen LogP contribution is 2.33. The number of benzene rings is 2. The standard InChI is InChI=1S/C22H24N2O5/c1-13(2)11-19(25)24-20-15-7-5-6-8-16(15)29-21(20)22(26)23-14-9-10-17(27-3)18(12-14)28-4/h5-10,12-13H,11H2,1-4H3,(H,23,26)(H,24,25). The highest BCUT2D eigenvalue weighted by molar-refractivity contribution is 6.14. The molecular weight excluding hydrogens is 372 g/mol. The van der Waals surface area contributed by atoms with Gasteiger partial charge in [0, 0.05) is 23.6 Å². The summed E-state index contributed by atoms with van der Waals surface area (Å²) in [6.45, 7) is 3.91. The number of furan rings is 1. The summed E-state index contributed by atoms with van der Waals surface area (Å²) in [5.41, 5.74) is 1.39. The Balaban J connectivity index is 1.93. The van der Waals surface area contributed by atoms with Crippen molar-refractivity contribution in [3.05, 3.63) is 48.2 Å². The van der Waals surface area contributed by atoms with Crippen molar-refractivity contribution in [1.82, 2.24) is 0 Å². The molecule has 0 aliphatic heterocycles. The Bertz CT molecular complexity index is 1040. The Morgan fingerprint density at radius 3 is 2.41 bits per heavy atom. The highest BCUT2D eigenvalue weighted by atomic mass is 16.5. The van der Waals surface area contributed by atoms with Crippen LogP contribution in [0.15, 0.2) is 46.9 Å². The van der Waals surface area contributed by atoms with E-state index in [0.29, 0.717) is 40.3 Å². The summed E-state index contributed by atoms with van der Waals surface area (Å²) in [6.07, 6.45) is 0.343. The van der Waals surface area contributed by atoms with Crippen LogP contribution in [-0.4, -0.2) is 26.0 Å². The number of para-hydroxylation sites is 1. The molecule has 0 spiro atoms. The summed E-state index contributed by atoms with van der Waals surface area (Å²) in [5, 5.41) is 6.28. The smallest absolute Gasteiger partial charge is 0.293 e. The second-order valence-electron chi connectivity index (χ2n) is 6.97. The molecule has 7 nitrogen and oxygen atoms in total. The van der Waals surface area contributed by atoms with E-state index in [4.69, 9.17) is 13.9 Å². The maximum atomic E-state index is 12.9. The van der Waals surface area contributed by atoms with Gasteiger partial charge in [0.25, 0.3) is 5.91 Å². The molecule has 0 aliphatic carbocycles. The van der Waals surface area contributed by atoms with Gasteiger partial charge in [0.15, 0.2) is 11.5 Å². The number of amides is 2. The number of rotatable bonds is 7. The zero-order valence-corrected chi connectivity index (χ0v) is 16.9. The summed E-state index contributed by atoms with van der Waals surface area (Å²) in [7, 11) is 3.06. The molecule has 0 fully saturated rings. The number of fused-ring (bicyclic) bond motifs is 1. The minimum absolute atomic E-state index is 0.0399. The van der Waals surface area contributed by atoms with Crippen molar-refractivity contribution >= 4 is 34.2 Å². The molecule has 1 aromatic heterocycles. The third-order valence-electron chi connectivity index (χ3n) is 4.30. The lowest BCUT2D eigenvalue weighted by Crippen LogP contribution is -2.18. The SMILES string of the molecule is COc1ccc(NC(=O)c2oc3ccccc3c2NC(=O)CC(C)C)cc1OC. The molecule has 2 aromatic carbocycles. The summed E-state index contributed by atoms with van der Waals surface area (Å²) in [6, 6.07) is 12.2. The molecule has 2 amide bonds. The van der Waals surface area contributed by atoms with Gasteiger partial charge in [0.1, 0.15) is 11.3 Å². The minimum Gasteiger partial charge on any atom is -0.493 e. The van der Waals surface area contributed by atoms with Crippen LogP contribution in [0.25, 0.3) is 11.0 Å². The first-order chi connectivity index (χ1) is 13.9. The molecule has 0 aliphatic rings. The Labute approximate surface area is 169 Å². The lowest BCUT2D eigenvalue weighted by Gasteiger charge is -2.11. The van der Waals surface area contributed by atoms with Crippen molar-refractivity contribution < 1.29 is 23.5 Å². The average Bonchev–Trinajstić information content (AvgIpc) is 3.05. The molecule has 3 aromatic rings. The fourth-order valence-corrected chi connectivity index (χ4v) is 2.99. The monoisotopic (exact) mass is 396 g/mol. The zero-order valence-electron chi connectivity index (χ0n) is 16.9. The molecular formula is C22H24N2O5. The molecule has 0 saturated heterocycles. The van der Waals surface area contributed by atoms with Crippen LogP contribution in [-0.2, 0) is 4.79 Å². The van der Waals surface area contributed by atoms with Crippen molar-refractivity contribution in [3.8, 4) is 11.5 Å². The first-order valence-electron chi connectivity index (χ1n) is 9.27. The van der Waals surface area contributed by atoms with Gasteiger partial charge in [-0.1, -0.05) is 26.0 Å². The molecule has 0 unspecified atom stereocenters. The predicted molar refractivity (Wildman–Crippen MR) is 112 cm³/mol. The van der Waals surface area contributed by atoms with Gasteiger partial charge in [-0.05, 0) is 30.2 Å². The van der Waals surface area contributed by atoms with Crippen molar-refractivity contribution in [2.45, 2.75) is 20.3 Å². The Hall–Kier alpha value is -3.48. The van der Waals surface area contributed by atoms with E-state index in [1.54, 1.807) is 30.3 Å². The second kappa shape index (κ2) is 8.68. The number of hydrogen-bond acceptors (Lipinski definition) is 5. The van der Waals surface area contributed by atoms with Gasteiger partial charge < -0.3 is 24.5 Å². The summed E-state index contributed by atoms with van der Waals surface area (Å²) in [4.78, 5) is 25.3. The van der Waals surface area contributed by atoms with Gasteiger partial charge >= 0.3 is 0 Å². The quantitative estimate of drug-likeness (QED) is 0.605. The molecule has 0 radical (unpaired) electrons. The maximum Gasteiger partial charge on any atom is 0.293 e. The van der Waals surface area contributed by atoms with Crippen LogP contribution >= 0.6 is 0 Å². The van der Waals surface area contributed by atoms with Crippen LogP contribution < -0.4 is 20.1 Å². The fraction of sp³-hybridized carbons (Fsp3) is 0.273. The number of ether oxygens (including phenoxy) is 2. The van der Waals surface area contributed by atoms with E-state index >= 15 is 0 Å². The van der Waals surface area contributed by atoms with E-state index in [1.165, 1.54) is 14.2 Å². The number of carbonyl (C=O) groups is 2. The van der Waals surface area contributed by atoms with E-state index in [2.05, 4.69) is 10.6 Å². The Morgan fingerprint density at radius 1 is 1.00 bits per heavy atom. The molecule has 0 bridgehead atoms. The lowest BCUT2D eigenvalue weighted by molar-refractivity contribution is -0.116. The van der Waals surface area contributed by atoms with Gasteiger partial charge in [-0.2, -0.15) is 0 Å². The average molecular weight is 396 g/mol. The number of hydrogen-bond donors (Lipinski definition) is 2. The van der Waals surface area contributed by atoms with Crippen LogP contribution in [0.1, 0.15) is 30.8 Å². The number of nitrogens with one attached hydrogen (secondary N) is 2. The van der Waals surface area contributed by atoms with E-state index in [1.807, 2.05) is 26.0 Å². The zero-order chi connectivity index (χ0) is 21.0. The van der Waals surface area contributed by atoms with Crippen LogP contribution in [0.2, 0.25) is 0 Å². The van der Waals surface area contributed by atoms with E-state index in [9.17, 15) is 9.59 Å². The Kier molecular flexibility index (Phi) is 6.07. The first-order valence-corrected chi connectivity index (χ1v) is 9.27. The van der Waals surface area contributed by atoms with E-state index in [0.717, 1.165) is 0 Å². The van der Waals surface area contributed by atoms with Gasteiger partial charge in [0.05, 0.1) is 14.2 Å². The molecule has 7 heteroatoms. The van der Waals surface area contributed by atoms with Gasteiger partial charge in [-0.25, -0.2) is 0 Å². The third-order valence-corrected chi connectivity index (χ3v) is 4.30. The van der Waals surface area contributed by atoms with E-state index < -0.39 is 5.91 Å². The minimum atomic E-state index is -0.478. The molecule has 0 saturated carbocycles. The van der Waals surface area contributed by atoms with Crippen molar-refractivity contribution in [2.24, 2.45) is 5.92 Å². The van der Waals surface area contributed by atoms with E-state index in [-0.39, 0.29) is 17.6 Å². The van der Waals surface area contributed by atoms with Crippen molar-refractivity contribution in [3.63, 3.8) is 0 Å². The number of carbonyl (C=O) groups excluding carboxylic acids is 2. The molecule has 1 heterocycles. The molecule has 0 atom stereocenters. The first kappa shape index (κ1) is 20.3. The number of anilines is 2. The van der Waals surface area contributed by atoms with Crippen molar-refractivity contribution in [2.75, 3.05) is 24.9 Å². The van der Waals surface area contributed by atoms with Gasteiger partial charge in [-0.15, -0.1) is 0 Å². The van der Waals surface area contributed by atoms with Crippen LogP contribution in [0.3, 0.4) is 0 Å². The van der Waals surface area contributed by atoms with Gasteiger partial charge in [-0.3, -0.25) is 9.59 Å². The fourth-order valence-electron chi connectivity index (χ4n) is 2.99.